The van der Waals surface area contributed by atoms with Crippen LogP contribution in [0.5, 0.6) is 0 Å². The van der Waals surface area contributed by atoms with Crippen molar-refractivity contribution in [2.75, 3.05) is 0 Å². The van der Waals surface area contributed by atoms with Gasteiger partial charge in [-0.3, -0.25) is 9.59 Å². The molecule has 3 aromatic carbocycles. The highest BCUT2D eigenvalue weighted by Gasteiger charge is 2.37. The first kappa shape index (κ1) is 26.1. The zero-order chi connectivity index (χ0) is 26.7. The molecule has 1 heterocycles. The minimum absolute atomic E-state index is 0.0683. The van der Waals surface area contributed by atoms with Gasteiger partial charge in [0.1, 0.15) is 0 Å². The van der Waals surface area contributed by atoms with Crippen molar-refractivity contribution in [2.24, 2.45) is 17.0 Å². The molecule has 4 N–H and O–H groups in total. The molecule has 1 aliphatic rings. The van der Waals surface area contributed by atoms with Gasteiger partial charge in [-0.05, 0) is 52.4 Å². The second-order valence-electron chi connectivity index (χ2n) is 9.57. The molecule has 0 bridgehead atoms. The van der Waals surface area contributed by atoms with Gasteiger partial charge in [0.05, 0.1) is 4.90 Å². The van der Waals surface area contributed by atoms with E-state index in [0.717, 1.165) is 28.5 Å². The zero-order valence-electron chi connectivity index (χ0n) is 20.7. The Balaban J connectivity index is 1.18. The van der Waals surface area contributed by atoms with Gasteiger partial charge >= 0.3 is 0 Å². The van der Waals surface area contributed by atoms with Gasteiger partial charge in [0.25, 0.3) is 0 Å². The number of primary sulfonamides is 1. The highest BCUT2D eigenvalue weighted by atomic mass is 32.2. The summed E-state index contributed by atoms with van der Waals surface area (Å²) in [5, 5.41) is 14.6. The van der Waals surface area contributed by atoms with Crippen LogP contribution in [-0.2, 0) is 32.7 Å². The van der Waals surface area contributed by atoms with E-state index >= 15 is 0 Å². The molecular formula is C29H29N3O4S2. The number of nitrogens with two attached hydrogens (primary N) is 1. The average Bonchev–Trinajstić information content (AvgIpc) is 3.58. The predicted octanol–water partition coefficient (Wildman–Crippen LogP) is 4.56. The standard InChI is InChI=1S/C29H29N3O4S2/c30-38(35,36)27-11-4-2-7-23(27)20-14-12-19(13-15-20)16-31-28(33)24-8-5-9-25(24)29(34)32-17-21-18-37-26-10-3-1-6-22(21)26/h1-4,6-7,10-15,18,24-25H,5,8-9,16-17H2,(H,31,33)(H,32,34)(H2,30,35,36)/t24-,25-/m1/s1. The highest BCUT2D eigenvalue weighted by Crippen LogP contribution is 2.33. The van der Waals surface area contributed by atoms with Crippen molar-refractivity contribution in [2.45, 2.75) is 37.2 Å². The van der Waals surface area contributed by atoms with Crippen molar-refractivity contribution < 1.29 is 18.0 Å². The Labute approximate surface area is 226 Å². The number of fused-ring (bicyclic) bond motifs is 1. The second kappa shape index (κ2) is 11.1. The average molecular weight is 548 g/mol. The minimum Gasteiger partial charge on any atom is -0.352 e. The van der Waals surface area contributed by atoms with Gasteiger partial charge < -0.3 is 10.6 Å². The molecule has 7 nitrogen and oxygen atoms in total. The molecule has 4 aromatic rings. The lowest BCUT2D eigenvalue weighted by Crippen LogP contribution is -2.39. The number of amides is 2. The quantitative estimate of drug-likeness (QED) is 0.300. The summed E-state index contributed by atoms with van der Waals surface area (Å²) < 4.78 is 25.0. The summed E-state index contributed by atoms with van der Waals surface area (Å²) in [6.45, 7) is 0.774. The molecule has 2 amide bonds. The third kappa shape index (κ3) is 5.65. The zero-order valence-corrected chi connectivity index (χ0v) is 22.4. The first-order valence-corrected chi connectivity index (χ1v) is 15.0. The maximum atomic E-state index is 13.0. The number of carbonyl (C=O) groups excluding carboxylic acids is 2. The Morgan fingerprint density at radius 2 is 1.47 bits per heavy atom. The van der Waals surface area contributed by atoms with Crippen LogP contribution in [-0.4, -0.2) is 20.2 Å². The monoisotopic (exact) mass is 547 g/mol. The molecule has 196 valence electrons. The minimum atomic E-state index is -3.85. The molecule has 2 atom stereocenters. The van der Waals surface area contributed by atoms with Gasteiger partial charge in [-0.25, -0.2) is 13.6 Å². The van der Waals surface area contributed by atoms with E-state index < -0.39 is 10.0 Å². The van der Waals surface area contributed by atoms with Crippen LogP contribution in [0, 0.1) is 11.8 Å². The van der Waals surface area contributed by atoms with Gasteiger partial charge in [-0.15, -0.1) is 11.3 Å². The van der Waals surface area contributed by atoms with Crippen molar-refractivity contribution >= 4 is 43.3 Å². The van der Waals surface area contributed by atoms with Crippen molar-refractivity contribution in [3.05, 3.63) is 89.3 Å². The van der Waals surface area contributed by atoms with Gasteiger partial charge in [-0.1, -0.05) is 67.1 Å². The number of hydrogen-bond acceptors (Lipinski definition) is 5. The third-order valence-corrected chi connectivity index (χ3v) is 9.11. The first-order chi connectivity index (χ1) is 18.3. The molecule has 1 saturated carbocycles. The Kier molecular flexibility index (Phi) is 7.60. The van der Waals surface area contributed by atoms with E-state index in [1.807, 2.05) is 36.4 Å². The summed E-state index contributed by atoms with van der Waals surface area (Å²) in [5.74, 6) is -0.879. The van der Waals surface area contributed by atoms with E-state index in [9.17, 15) is 18.0 Å². The third-order valence-electron chi connectivity index (χ3n) is 7.13. The second-order valence-corrected chi connectivity index (χ2v) is 12.0. The van der Waals surface area contributed by atoms with Crippen molar-refractivity contribution in [3.63, 3.8) is 0 Å². The molecule has 0 radical (unpaired) electrons. The number of carbonyl (C=O) groups is 2. The van der Waals surface area contributed by atoms with E-state index in [4.69, 9.17) is 5.14 Å². The highest BCUT2D eigenvalue weighted by molar-refractivity contribution is 7.89. The molecule has 1 fully saturated rings. The number of benzene rings is 3. The largest absolute Gasteiger partial charge is 0.352 e. The Morgan fingerprint density at radius 3 is 2.18 bits per heavy atom. The Hall–Kier alpha value is -3.53. The van der Waals surface area contributed by atoms with Crippen molar-refractivity contribution in [3.8, 4) is 11.1 Å². The van der Waals surface area contributed by atoms with Crippen LogP contribution in [0.2, 0.25) is 0 Å². The van der Waals surface area contributed by atoms with Crippen LogP contribution in [0.4, 0.5) is 0 Å². The Morgan fingerprint density at radius 1 is 0.842 bits per heavy atom. The van der Waals surface area contributed by atoms with E-state index in [0.29, 0.717) is 31.5 Å². The van der Waals surface area contributed by atoms with E-state index in [2.05, 4.69) is 28.1 Å². The van der Waals surface area contributed by atoms with E-state index in [1.165, 1.54) is 10.8 Å². The summed E-state index contributed by atoms with van der Waals surface area (Å²) in [5.41, 5.74) is 3.21. The molecule has 0 unspecified atom stereocenters. The number of sulfonamides is 1. The van der Waals surface area contributed by atoms with Crippen molar-refractivity contribution in [1.29, 1.82) is 0 Å². The number of thiophene rings is 1. The van der Waals surface area contributed by atoms with Gasteiger partial charge in [0, 0.05) is 35.2 Å². The molecule has 0 saturated heterocycles. The summed E-state index contributed by atoms with van der Waals surface area (Å²) in [6.07, 6.45) is 2.23. The number of hydrogen-bond donors (Lipinski definition) is 3. The lowest BCUT2D eigenvalue weighted by molar-refractivity contribution is -0.133. The van der Waals surface area contributed by atoms with Crippen molar-refractivity contribution in [1.82, 2.24) is 10.6 Å². The normalized spacial score (nSPS) is 17.4. The summed E-state index contributed by atoms with van der Waals surface area (Å²) >= 11 is 1.66. The molecule has 0 aliphatic heterocycles. The van der Waals surface area contributed by atoms with Crippen LogP contribution < -0.4 is 15.8 Å². The topological polar surface area (TPSA) is 118 Å². The van der Waals surface area contributed by atoms with E-state index in [1.54, 1.807) is 29.5 Å². The maximum absolute atomic E-state index is 13.0. The number of rotatable bonds is 8. The van der Waals surface area contributed by atoms with Crippen LogP contribution in [0.1, 0.15) is 30.4 Å². The van der Waals surface area contributed by atoms with Crippen LogP contribution in [0.15, 0.2) is 83.1 Å². The first-order valence-electron chi connectivity index (χ1n) is 12.5. The summed E-state index contributed by atoms with van der Waals surface area (Å²) in [4.78, 5) is 26.1. The summed E-state index contributed by atoms with van der Waals surface area (Å²) in [7, 11) is -3.85. The molecule has 5 rings (SSSR count). The van der Waals surface area contributed by atoms with Gasteiger partial charge in [0.2, 0.25) is 21.8 Å². The fourth-order valence-corrected chi connectivity index (χ4v) is 6.87. The molecule has 0 spiro atoms. The SMILES string of the molecule is NS(=O)(=O)c1ccccc1-c1ccc(CNC(=O)[C@@H]2CCC[C@H]2C(=O)NCc2csc3ccccc23)cc1. The summed E-state index contributed by atoms with van der Waals surface area (Å²) in [6, 6.07) is 22.0. The maximum Gasteiger partial charge on any atom is 0.238 e. The Bertz CT molecular complexity index is 1580. The van der Waals surface area contributed by atoms with Crippen LogP contribution in [0.3, 0.4) is 0 Å². The van der Waals surface area contributed by atoms with Crippen LogP contribution >= 0.6 is 11.3 Å². The lowest BCUT2D eigenvalue weighted by atomic mass is 9.94. The molecule has 9 heteroatoms. The van der Waals surface area contributed by atoms with Gasteiger partial charge in [-0.2, -0.15) is 0 Å². The molecule has 1 aliphatic carbocycles. The van der Waals surface area contributed by atoms with E-state index in [-0.39, 0.29) is 28.5 Å². The smallest absolute Gasteiger partial charge is 0.238 e. The molecule has 38 heavy (non-hydrogen) atoms. The number of nitrogens with one attached hydrogen (secondary N) is 2. The fraction of sp³-hybridized carbons (Fsp3) is 0.241. The molecular weight excluding hydrogens is 518 g/mol. The van der Waals surface area contributed by atoms with Gasteiger partial charge in [0.15, 0.2) is 0 Å². The van der Waals surface area contributed by atoms with Crippen LogP contribution in [0.25, 0.3) is 21.2 Å². The predicted molar refractivity (Wildman–Crippen MR) is 150 cm³/mol. The fourth-order valence-electron chi connectivity index (χ4n) is 5.15. The molecule has 1 aromatic heterocycles. The lowest BCUT2D eigenvalue weighted by Gasteiger charge is -2.19.